The lowest BCUT2D eigenvalue weighted by Gasteiger charge is -1.89. The molecule has 9 heavy (non-hydrogen) atoms. The predicted octanol–water partition coefficient (Wildman–Crippen LogP) is 1.18. The van der Waals surface area contributed by atoms with Gasteiger partial charge in [-0.3, -0.25) is 4.79 Å². The van der Waals surface area contributed by atoms with Gasteiger partial charge in [0.15, 0.2) is 0 Å². The zero-order valence-electron chi connectivity index (χ0n) is 4.74. The van der Waals surface area contributed by atoms with E-state index < -0.39 is 0 Å². The van der Waals surface area contributed by atoms with Gasteiger partial charge in [0.25, 0.3) is 5.91 Å². The van der Waals surface area contributed by atoms with Crippen LogP contribution in [0.15, 0.2) is 22.0 Å². The summed E-state index contributed by atoms with van der Waals surface area (Å²) in [4.78, 5) is 10.6. The highest BCUT2D eigenvalue weighted by atomic mass is 32.1. The van der Waals surface area contributed by atoms with Crippen LogP contribution in [-0.4, -0.2) is 11.7 Å². The molecule has 0 aliphatic carbocycles. The molecule has 4 heteroatoms. The van der Waals surface area contributed by atoms with Crippen LogP contribution in [0.5, 0.6) is 0 Å². The van der Waals surface area contributed by atoms with Crippen LogP contribution in [-0.2, 0) is 4.79 Å². The molecule has 0 aromatic carbocycles. The van der Waals surface area contributed by atoms with Gasteiger partial charge in [0, 0.05) is 5.57 Å². The molecule has 1 amide bonds. The molecule has 0 saturated heterocycles. The predicted molar refractivity (Wildman–Crippen MR) is 36.4 cm³/mol. The van der Waals surface area contributed by atoms with Crippen molar-refractivity contribution in [1.29, 1.82) is 0 Å². The number of nitrogens with zero attached hydrogens (tertiary/aromatic N) is 2. The SMILES string of the molecule is O=C1N=NC=C1CCS. The molecule has 0 radical (unpaired) electrons. The van der Waals surface area contributed by atoms with Crippen molar-refractivity contribution in [2.45, 2.75) is 6.42 Å². The first-order valence-electron chi connectivity index (χ1n) is 2.59. The monoisotopic (exact) mass is 142 g/mol. The number of hydrogen-bond donors (Lipinski definition) is 1. The zero-order valence-corrected chi connectivity index (χ0v) is 5.64. The van der Waals surface area contributed by atoms with Crippen LogP contribution in [0.4, 0.5) is 0 Å². The van der Waals surface area contributed by atoms with E-state index in [0.29, 0.717) is 17.7 Å². The van der Waals surface area contributed by atoms with Crippen LogP contribution >= 0.6 is 12.6 Å². The fraction of sp³-hybridized carbons (Fsp3) is 0.400. The second-order valence-electron chi connectivity index (χ2n) is 1.65. The van der Waals surface area contributed by atoms with Gasteiger partial charge in [-0.2, -0.15) is 17.7 Å². The van der Waals surface area contributed by atoms with Gasteiger partial charge in [0.2, 0.25) is 0 Å². The molecule has 0 aromatic heterocycles. The lowest BCUT2D eigenvalue weighted by atomic mass is 10.2. The maximum atomic E-state index is 10.6. The topological polar surface area (TPSA) is 41.8 Å². The first-order chi connectivity index (χ1) is 4.34. The van der Waals surface area contributed by atoms with Gasteiger partial charge in [0.1, 0.15) is 0 Å². The fourth-order valence-electron chi connectivity index (χ4n) is 0.562. The van der Waals surface area contributed by atoms with E-state index in [2.05, 4.69) is 22.9 Å². The summed E-state index contributed by atoms with van der Waals surface area (Å²) < 4.78 is 0. The maximum Gasteiger partial charge on any atom is 0.293 e. The maximum absolute atomic E-state index is 10.6. The molecule has 0 spiro atoms. The van der Waals surface area contributed by atoms with E-state index in [-0.39, 0.29) is 5.91 Å². The second-order valence-corrected chi connectivity index (χ2v) is 2.10. The van der Waals surface area contributed by atoms with Crippen LogP contribution in [0, 0.1) is 0 Å². The highest BCUT2D eigenvalue weighted by Gasteiger charge is 2.10. The lowest BCUT2D eigenvalue weighted by Crippen LogP contribution is -1.94. The Morgan fingerprint density at radius 3 is 2.89 bits per heavy atom. The van der Waals surface area contributed by atoms with Gasteiger partial charge in [-0.15, -0.1) is 5.11 Å². The number of rotatable bonds is 2. The van der Waals surface area contributed by atoms with Gasteiger partial charge in [-0.05, 0) is 12.2 Å². The van der Waals surface area contributed by atoms with Crippen LogP contribution in [0.3, 0.4) is 0 Å². The molecule has 3 nitrogen and oxygen atoms in total. The second kappa shape index (κ2) is 2.77. The van der Waals surface area contributed by atoms with E-state index in [1.807, 2.05) is 0 Å². The van der Waals surface area contributed by atoms with Crippen molar-refractivity contribution in [3.63, 3.8) is 0 Å². The summed E-state index contributed by atoms with van der Waals surface area (Å²) in [7, 11) is 0. The molecular formula is C5H6N2OS. The highest BCUT2D eigenvalue weighted by molar-refractivity contribution is 7.80. The highest BCUT2D eigenvalue weighted by Crippen LogP contribution is 2.10. The third kappa shape index (κ3) is 1.38. The largest absolute Gasteiger partial charge is 0.293 e. The number of amides is 1. The standard InChI is InChI=1S/C5H6N2OS/c8-5-4(1-2-9)3-6-7-5/h3,9H,1-2H2. The lowest BCUT2D eigenvalue weighted by molar-refractivity contribution is -0.114. The Kier molecular flexibility index (Phi) is 2.00. The summed E-state index contributed by atoms with van der Waals surface area (Å²) in [5, 5.41) is 6.74. The summed E-state index contributed by atoms with van der Waals surface area (Å²) in [6.07, 6.45) is 2.15. The number of carbonyl (C=O) groups is 1. The smallest absolute Gasteiger partial charge is 0.265 e. The molecule has 0 aromatic rings. The quantitative estimate of drug-likeness (QED) is 0.578. The third-order valence-corrected chi connectivity index (χ3v) is 1.24. The van der Waals surface area contributed by atoms with Gasteiger partial charge in [-0.25, -0.2) is 0 Å². The third-order valence-electron chi connectivity index (χ3n) is 1.02. The minimum atomic E-state index is -0.218. The minimum absolute atomic E-state index is 0.218. The Balaban J connectivity index is 2.54. The number of thiol groups is 1. The van der Waals surface area contributed by atoms with Crippen LogP contribution < -0.4 is 0 Å². The van der Waals surface area contributed by atoms with E-state index in [1.165, 1.54) is 6.20 Å². The van der Waals surface area contributed by atoms with Gasteiger partial charge < -0.3 is 0 Å². The minimum Gasteiger partial charge on any atom is -0.265 e. The molecule has 0 bridgehead atoms. The van der Waals surface area contributed by atoms with Crippen molar-refractivity contribution in [2.75, 3.05) is 5.75 Å². The molecule has 1 aliphatic rings. The molecule has 0 unspecified atom stereocenters. The fourth-order valence-corrected chi connectivity index (χ4v) is 0.803. The molecule has 1 heterocycles. The molecule has 0 N–H and O–H groups in total. The molecule has 1 rings (SSSR count). The number of hydrogen-bond acceptors (Lipinski definition) is 3. The number of azo groups is 1. The molecule has 0 atom stereocenters. The van der Waals surface area contributed by atoms with Crippen LogP contribution in [0.25, 0.3) is 0 Å². The zero-order chi connectivity index (χ0) is 6.69. The Bertz CT molecular complexity index is 185. The van der Waals surface area contributed by atoms with Crippen molar-refractivity contribution in [3.8, 4) is 0 Å². The summed E-state index contributed by atoms with van der Waals surface area (Å²) >= 11 is 3.96. The normalized spacial score (nSPS) is 16.6. The average Bonchev–Trinajstić information content (AvgIpc) is 2.18. The van der Waals surface area contributed by atoms with Crippen molar-refractivity contribution in [2.24, 2.45) is 10.2 Å². The number of carbonyl (C=O) groups excluding carboxylic acids is 1. The van der Waals surface area contributed by atoms with E-state index in [9.17, 15) is 4.79 Å². The average molecular weight is 142 g/mol. The van der Waals surface area contributed by atoms with Gasteiger partial charge in [-0.1, -0.05) is 0 Å². The first kappa shape index (κ1) is 6.48. The van der Waals surface area contributed by atoms with E-state index in [0.717, 1.165) is 0 Å². The Labute approximate surface area is 58.3 Å². The van der Waals surface area contributed by atoms with Crippen molar-refractivity contribution in [1.82, 2.24) is 0 Å². The van der Waals surface area contributed by atoms with Gasteiger partial charge >= 0.3 is 0 Å². The van der Waals surface area contributed by atoms with Crippen LogP contribution in [0.2, 0.25) is 0 Å². The molecule has 0 fully saturated rings. The Morgan fingerprint density at radius 1 is 1.67 bits per heavy atom. The summed E-state index contributed by atoms with van der Waals surface area (Å²) in [6, 6.07) is 0. The molecule has 1 aliphatic heterocycles. The van der Waals surface area contributed by atoms with Crippen molar-refractivity contribution < 1.29 is 4.79 Å². The van der Waals surface area contributed by atoms with E-state index >= 15 is 0 Å². The Hall–Kier alpha value is -0.640. The first-order valence-corrected chi connectivity index (χ1v) is 3.23. The van der Waals surface area contributed by atoms with Crippen LogP contribution in [0.1, 0.15) is 6.42 Å². The molecular weight excluding hydrogens is 136 g/mol. The summed E-state index contributed by atoms with van der Waals surface area (Å²) in [5.74, 6) is 0.451. The van der Waals surface area contributed by atoms with Crippen molar-refractivity contribution in [3.05, 3.63) is 11.8 Å². The Morgan fingerprint density at radius 2 is 2.44 bits per heavy atom. The van der Waals surface area contributed by atoms with Gasteiger partial charge in [0.05, 0.1) is 6.20 Å². The van der Waals surface area contributed by atoms with E-state index in [4.69, 9.17) is 0 Å². The molecule has 0 saturated carbocycles. The molecule has 48 valence electrons. The van der Waals surface area contributed by atoms with E-state index in [1.54, 1.807) is 0 Å². The summed E-state index contributed by atoms with van der Waals surface area (Å²) in [5.41, 5.74) is 0.657. The van der Waals surface area contributed by atoms with Crippen molar-refractivity contribution >= 4 is 18.5 Å². The summed E-state index contributed by atoms with van der Waals surface area (Å²) in [6.45, 7) is 0.